The van der Waals surface area contributed by atoms with E-state index in [0.717, 1.165) is 0 Å². The fraction of sp³-hybridized carbons (Fsp3) is 0.231. The highest BCUT2D eigenvalue weighted by Gasteiger charge is 2.10. The van der Waals surface area contributed by atoms with E-state index in [0.29, 0.717) is 45.8 Å². The predicted octanol–water partition coefficient (Wildman–Crippen LogP) is 3.84. The number of aryl methyl sites for hydroxylation is 1. The molecule has 8 heteroatoms. The molecule has 5 nitrogen and oxygen atoms in total. The first-order valence-electron chi connectivity index (χ1n) is 6.18. The standard InChI is InChI=1S/C13H13Cl3N4O/c14-8-4-10(16)13(11(17)5-8)19-12(21)2-1-3-20-7-9(15)6-18-20/h4-7H,1-3,17H2,(H,19,21). The summed E-state index contributed by atoms with van der Waals surface area (Å²) in [5.74, 6) is -0.177. The first-order valence-corrected chi connectivity index (χ1v) is 7.31. The number of nitrogen functional groups attached to an aromatic ring is 1. The molecule has 112 valence electrons. The quantitative estimate of drug-likeness (QED) is 0.807. The van der Waals surface area contributed by atoms with Crippen LogP contribution in [-0.4, -0.2) is 15.7 Å². The molecular weight excluding hydrogens is 335 g/mol. The largest absolute Gasteiger partial charge is 0.397 e. The summed E-state index contributed by atoms with van der Waals surface area (Å²) in [5, 5.41) is 8.02. The Kier molecular flexibility index (Phi) is 5.33. The summed E-state index contributed by atoms with van der Waals surface area (Å²) < 4.78 is 1.68. The number of nitrogens with two attached hydrogens (primary N) is 1. The van der Waals surface area contributed by atoms with Crippen molar-refractivity contribution in [3.63, 3.8) is 0 Å². The van der Waals surface area contributed by atoms with E-state index in [1.54, 1.807) is 17.1 Å². The van der Waals surface area contributed by atoms with Gasteiger partial charge in [0.25, 0.3) is 0 Å². The van der Waals surface area contributed by atoms with Crippen molar-refractivity contribution in [2.75, 3.05) is 11.1 Å². The van der Waals surface area contributed by atoms with Gasteiger partial charge in [0.2, 0.25) is 5.91 Å². The number of amides is 1. The summed E-state index contributed by atoms with van der Waals surface area (Å²) >= 11 is 17.6. The van der Waals surface area contributed by atoms with Crippen molar-refractivity contribution in [3.05, 3.63) is 39.6 Å². The number of nitrogens with one attached hydrogen (secondary N) is 1. The van der Waals surface area contributed by atoms with Crippen LogP contribution in [0.3, 0.4) is 0 Å². The Balaban J connectivity index is 1.87. The number of benzene rings is 1. The molecular formula is C13H13Cl3N4O. The number of nitrogens with zero attached hydrogens (tertiary/aromatic N) is 2. The van der Waals surface area contributed by atoms with Gasteiger partial charge in [0.15, 0.2) is 0 Å². The SMILES string of the molecule is Nc1cc(Cl)cc(Cl)c1NC(=O)CCCn1cc(Cl)cn1. The van der Waals surface area contributed by atoms with Crippen LogP contribution >= 0.6 is 34.8 Å². The van der Waals surface area contributed by atoms with E-state index < -0.39 is 0 Å². The molecule has 0 fully saturated rings. The fourth-order valence-corrected chi connectivity index (χ4v) is 2.50. The number of carbonyl (C=O) groups is 1. The van der Waals surface area contributed by atoms with Crippen molar-refractivity contribution in [3.8, 4) is 0 Å². The fourth-order valence-electron chi connectivity index (χ4n) is 1.79. The van der Waals surface area contributed by atoms with E-state index >= 15 is 0 Å². The van der Waals surface area contributed by atoms with Crippen LogP contribution in [0.5, 0.6) is 0 Å². The molecule has 0 radical (unpaired) electrons. The summed E-state index contributed by atoms with van der Waals surface area (Å²) in [6, 6.07) is 3.07. The van der Waals surface area contributed by atoms with E-state index in [2.05, 4.69) is 10.4 Å². The molecule has 1 heterocycles. The molecule has 0 atom stereocenters. The molecule has 3 N–H and O–H groups in total. The van der Waals surface area contributed by atoms with E-state index in [1.807, 2.05) is 0 Å². The molecule has 21 heavy (non-hydrogen) atoms. The van der Waals surface area contributed by atoms with Crippen molar-refractivity contribution in [2.45, 2.75) is 19.4 Å². The molecule has 1 aromatic heterocycles. The van der Waals surface area contributed by atoms with Crippen LogP contribution in [0.25, 0.3) is 0 Å². The number of hydrogen-bond donors (Lipinski definition) is 2. The molecule has 0 unspecified atom stereocenters. The third kappa shape index (κ3) is 4.52. The van der Waals surface area contributed by atoms with Gasteiger partial charge in [-0.2, -0.15) is 5.10 Å². The zero-order valence-electron chi connectivity index (χ0n) is 10.9. The smallest absolute Gasteiger partial charge is 0.224 e. The maximum Gasteiger partial charge on any atom is 0.224 e. The number of halogens is 3. The van der Waals surface area contributed by atoms with Gasteiger partial charge < -0.3 is 11.1 Å². The first-order chi connectivity index (χ1) is 9.95. The van der Waals surface area contributed by atoms with Gasteiger partial charge in [-0.3, -0.25) is 9.48 Å². The number of anilines is 2. The highest BCUT2D eigenvalue weighted by atomic mass is 35.5. The Morgan fingerprint density at radius 1 is 1.29 bits per heavy atom. The lowest BCUT2D eigenvalue weighted by atomic mass is 10.2. The second kappa shape index (κ2) is 7.02. The molecule has 1 amide bonds. The predicted molar refractivity (Wildman–Crippen MR) is 86.0 cm³/mol. The molecule has 1 aromatic carbocycles. The summed E-state index contributed by atoms with van der Waals surface area (Å²) in [6.45, 7) is 0.601. The summed E-state index contributed by atoms with van der Waals surface area (Å²) in [6.07, 6.45) is 4.19. The monoisotopic (exact) mass is 346 g/mol. The number of aromatic nitrogens is 2. The Bertz CT molecular complexity index is 634. The zero-order chi connectivity index (χ0) is 15.4. The highest BCUT2D eigenvalue weighted by Crippen LogP contribution is 2.32. The lowest BCUT2D eigenvalue weighted by Gasteiger charge is -2.10. The molecule has 0 aliphatic rings. The zero-order valence-corrected chi connectivity index (χ0v) is 13.2. The maximum absolute atomic E-state index is 11.9. The average molecular weight is 348 g/mol. The second-order valence-corrected chi connectivity index (χ2v) is 5.71. The van der Waals surface area contributed by atoms with E-state index in [-0.39, 0.29) is 5.91 Å². The Labute approximate surface area is 137 Å². The topological polar surface area (TPSA) is 72.9 Å². The van der Waals surface area contributed by atoms with Crippen LogP contribution in [0.15, 0.2) is 24.5 Å². The van der Waals surface area contributed by atoms with Gasteiger partial charge in [-0.25, -0.2) is 0 Å². The molecule has 0 saturated carbocycles. The van der Waals surface area contributed by atoms with Crippen molar-refractivity contribution in [2.24, 2.45) is 0 Å². The van der Waals surface area contributed by atoms with Gasteiger partial charge in [0.1, 0.15) is 0 Å². The molecule has 0 aliphatic heterocycles. The summed E-state index contributed by atoms with van der Waals surface area (Å²) in [4.78, 5) is 11.9. The molecule has 0 spiro atoms. The van der Waals surface area contributed by atoms with Crippen LogP contribution in [0.4, 0.5) is 11.4 Å². The van der Waals surface area contributed by atoms with Gasteiger partial charge in [0.05, 0.1) is 27.6 Å². The van der Waals surface area contributed by atoms with E-state index in [9.17, 15) is 4.79 Å². The van der Waals surface area contributed by atoms with Crippen LogP contribution in [0.1, 0.15) is 12.8 Å². The van der Waals surface area contributed by atoms with Crippen molar-refractivity contribution in [1.82, 2.24) is 9.78 Å². The minimum Gasteiger partial charge on any atom is -0.397 e. The molecule has 0 bridgehead atoms. The van der Waals surface area contributed by atoms with Gasteiger partial charge in [-0.15, -0.1) is 0 Å². The molecule has 2 rings (SSSR count). The van der Waals surface area contributed by atoms with Crippen LogP contribution in [0.2, 0.25) is 15.1 Å². The van der Waals surface area contributed by atoms with E-state index in [1.165, 1.54) is 12.1 Å². The van der Waals surface area contributed by atoms with Crippen LogP contribution in [-0.2, 0) is 11.3 Å². The molecule has 0 aliphatic carbocycles. The van der Waals surface area contributed by atoms with Gasteiger partial charge in [-0.1, -0.05) is 34.8 Å². The normalized spacial score (nSPS) is 10.6. The van der Waals surface area contributed by atoms with Crippen LogP contribution < -0.4 is 11.1 Å². The van der Waals surface area contributed by atoms with Crippen molar-refractivity contribution in [1.29, 1.82) is 0 Å². The third-order valence-corrected chi connectivity index (χ3v) is 3.45. The molecule has 0 saturated heterocycles. The van der Waals surface area contributed by atoms with Gasteiger partial charge >= 0.3 is 0 Å². The maximum atomic E-state index is 11.9. The average Bonchev–Trinajstić information content (AvgIpc) is 2.79. The number of hydrogen-bond acceptors (Lipinski definition) is 3. The van der Waals surface area contributed by atoms with Crippen molar-refractivity contribution < 1.29 is 4.79 Å². The second-order valence-electron chi connectivity index (χ2n) is 4.43. The third-order valence-electron chi connectivity index (χ3n) is 2.74. The molecule has 2 aromatic rings. The Morgan fingerprint density at radius 3 is 2.67 bits per heavy atom. The summed E-state index contributed by atoms with van der Waals surface area (Å²) in [7, 11) is 0. The van der Waals surface area contributed by atoms with Gasteiger partial charge in [-0.05, 0) is 18.6 Å². The minimum atomic E-state index is -0.177. The highest BCUT2D eigenvalue weighted by molar-refractivity contribution is 6.37. The van der Waals surface area contributed by atoms with E-state index in [4.69, 9.17) is 40.5 Å². The lowest BCUT2D eigenvalue weighted by Crippen LogP contribution is -2.14. The number of rotatable bonds is 5. The van der Waals surface area contributed by atoms with Crippen molar-refractivity contribution >= 4 is 52.1 Å². The van der Waals surface area contributed by atoms with Gasteiger partial charge in [0, 0.05) is 24.2 Å². The summed E-state index contributed by atoms with van der Waals surface area (Å²) in [5.41, 5.74) is 6.50. The lowest BCUT2D eigenvalue weighted by molar-refractivity contribution is -0.116. The number of carbonyl (C=O) groups excluding carboxylic acids is 1. The Morgan fingerprint density at radius 2 is 2.05 bits per heavy atom. The Hall–Kier alpha value is -1.43. The van der Waals surface area contributed by atoms with Crippen LogP contribution in [0, 0.1) is 0 Å². The first kappa shape index (κ1) is 15.9. The minimum absolute atomic E-state index is 0.177.